The van der Waals surface area contributed by atoms with Crippen molar-refractivity contribution in [2.75, 3.05) is 0 Å². The Bertz CT molecular complexity index is 374. The van der Waals surface area contributed by atoms with Gasteiger partial charge in [0.2, 0.25) is 0 Å². The number of rotatable bonds is 2. The van der Waals surface area contributed by atoms with Gasteiger partial charge in [0.05, 0.1) is 12.1 Å². The van der Waals surface area contributed by atoms with Gasteiger partial charge in [-0.05, 0) is 29.7 Å². The molecule has 0 saturated heterocycles. The first-order chi connectivity index (χ1) is 7.48. The molecule has 0 bridgehead atoms. The van der Waals surface area contributed by atoms with Crippen LogP contribution >= 0.6 is 0 Å². The fourth-order valence-corrected chi connectivity index (χ4v) is 2.18. The van der Waals surface area contributed by atoms with Crippen molar-refractivity contribution in [1.29, 1.82) is 10.5 Å². The third-order valence-corrected chi connectivity index (χ3v) is 3.08. The predicted octanol–water partition coefficient (Wildman–Crippen LogP) is 3.59. The first-order valence-corrected chi connectivity index (χ1v) is 5.66. The molecule has 0 aromatic carbocycles. The number of allylic oxidation sites excluding steroid dienone is 4. The largest absolute Gasteiger partial charge is 0.197 e. The maximum atomic E-state index is 8.66. The van der Waals surface area contributed by atoms with Gasteiger partial charge in [-0.2, -0.15) is 10.5 Å². The van der Waals surface area contributed by atoms with E-state index in [2.05, 4.69) is 26.8 Å². The van der Waals surface area contributed by atoms with Crippen molar-refractivity contribution in [2.45, 2.75) is 33.6 Å². The van der Waals surface area contributed by atoms with E-state index in [1.807, 2.05) is 18.2 Å². The second kappa shape index (κ2) is 4.99. The minimum atomic E-state index is -0.622. The van der Waals surface area contributed by atoms with Crippen LogP contribution in [0.1, 0.15) is 33.6 Å². The Kier molecular flexibility index (Phi) is 3.91. The van der Waals surface area contributed by atoms with Gasteiger partial charge in [0.25, 0.3) is 0 Å². The van der Waals surface area contributed by atoms with Crippen molar-refractivity contribution in [3.63, 3.8) is 0 Å². The predicted molar refractivity (Wildman–Crippen MR) is 64.1 cm³/mol. The van der Waals surface area contributed by atoms with Crippen LogP contribution in [0.25, 0.3) is 0 Å². The van der Waals surface area contributed by atoms with Crippen LogP contribution in [-0.4, -0.2) is 0 Å². The highest BCUT2D eigenvalue weighted by molar-refractivity contribution is 5.27. The van der Waals surface area contributed by atoms with E-state index in [1.54, 1.807) is 6.08 Å². The van der Waals surface area contributed by atoms with Crippen LogP contribution in [0.2, 0.25) is 0 Å². The molecule has 0 aromatic rings. The average molecular weight is 214 g/mol. The number of nitriles is 2. The molecule has 0 heterocycles. The molecule has 2 nitrogen and oxygen atoms in total. The Morgan fingerprint density at radius 2 is 2.06 bits per heavy atom. The van der Waals surface area contributed by atoms with Crippen LogP contribution in [0, 0.1) is 39.9 Å². The standard InChI is InChI=1S/C14H18N2/c1-11-8-14(2,3)7-6-13(11)5-4-12(9-15)10-16/h4-6,11-12H,7-8H2,1-3H3. The van der Waals surface area contributed by atoms with Gasteiger partial charge >= 0.3 is 0 Å². The molecule has 0 radical (unpaired) electrons. The van der Waals surface area contributed by atoms with Crippen molar-refractivity contribution in [3.05, 3.63) is 23.8 Å². The van der Waals surface area contributed by atoms with Crippen LogP contribution in [0.15, 0.2) is 23.8 Å². The lowest BCUT2D eigenvalue weighted by Gasteiger charge is -2.32. The molecule has 0 amide bonds. The van der Waals surface area contributed by atoms with E-state index in [9.17, 15) is 0 Å². The first-order valence-electron chi connectivity index (χ1n) is 5.66. The molecule has 1 aliphatic carbocycles. The second-order valence-electron chi connectivity index (χ2n) is 5.27. The molecule has 0 aromatic heterocycles. The fraction of sp³-hybridized carbons (Fsp3) is 0.571. The zero-order valence-electron chi connectivity index (χ0n) is 10.2. The van der Waals surface area contributed by atoms with Crippen molar-refractivity contribution in [2.24, 2.45) is 17.3 Å². The van der Waals surface area contributed by atoms with E-state index in [4.69, 9.17) is 10.5 Å². The molecule has 1 aliphatic rings. The highest BCUT2D eigenvalue weighted by Gasteiger charge is 2.25. The maximum absolute atomic E-state index is 8.66. The highest BCUT2D eigenvalue weighted by Crippen LogP contribution is 2.38. The summed E-state index contributed by atoms with van der Waals surface area (Å²) in [6.45, 7) is 6.74. The van der Waals surface area contributed by atoms with Gasteiger partial charge in [0.1, 0.15) is 0 Å². The molecule has 84 valence electrons. The summed E-state index contributed by atoms with van der Waals surface area (Å²) < 4.78 is 0. The first kappa shape index (κ1) is 12.5. The Balaban J connectivity index is 2.74. The summed E-state index contributed by atoms with van der Waals surface area (Å²) in [6, 6.07) is 3.89. The fourth-order valence-electron chi connectivity index (χ4n) is 2.18. The van der Waals surface area contributed by atoms with E-state index in [0.717, 1.165) is 12.8 Å². The van der Waals surface area contributed by atoms with Gasteiger partial charge in [-0.1, -0.05) is 39.0 Å². The third kappa shape index (κ3) is 3.24. The van der Waals surface area contributed by atoms with E-state index in [0.29, 0.717) is 11.3 Å². The summed E-state index contributed by atoms with van der Waals surface area (Å²) in [4.78, 5) is 0. The number of nitrogens with zero attached hydrogens (tertiary/aromatic N) is 2. The summed E-state index contributed by atoms with van der Waals surface area (Å²) >= 11 is 0. The highest BCUT2D eigenvalue weighted by atomic mass is 14.3. The van der Waals surface area contributed by atoms with Crippen molar-refractivity contribution in [3.8, 4) is 12.1 Å². The molecule has 0 N–H and O–H groups in total. The Morgan fingerprint density at radius 1 is 1.44 bits per heavy atom. The molecule has 0 saturated carbocycles. The molecular weight excluding hydrogens is 196 g/mol. The third-order valence-electron chi connectivity index (χ3n) is 3.08. The normalized spacial score (nSPS) is 23.9. The molecule has 1 rings (SSSR count). The van der Waals surface area contributed by atoms with Crippen LogP contribution in [0.3, 0.4) is 0 Å². The van der Waals surface area contributed by atoms with Crippen LogP contribution < -0.4 is 0 Å². The molecule has 16 heavy (non-hydrogen) atoms. The zero-order chi connectivity index (χ0) is 12.2. The lowest BCUT2D eigenvalue weighted by Crippen LogP contribution is -2.20. The minimum Gasteiger partial charge on any atom is -0.197 e. The van der Waals surface area contributed by atoms with Gasteiger partial charge in [-0.25, -0.2) is 0 Å². The molecular formula is C14H18N2. The number of hydrogen-bond donors (Lipinski definition) is 0. The Hall–Kier alpha value is -1.54. The molecule has 0 aliphatic heterocycles. The van der Waals surface area contributed by atoms with E-state index >= 15 is 0 Å². The second-order valence-corrected chi connectivity index (χ2v) is 5.27. The van der Waals surface area contributed by atoms with Gasteiger partial charge in [-0.15, -0.1) is 0 Å². The Morgan fingerprint density at radius 3 is 2.56 bits per heavy atom. The van der Waals surface area contributed by atoms with Crippen LogP contribution in [0.4, 0.5) is 0 Å². The van der Waals surface area contributed by atoms with E-state index < -0.39 is 5.92 Å². The van der Waals surface area contributed by atoms with Crippen molar-refractivity contribution < 1.29 is 0 Å². The smallest absolute Gasteiger partial charge is 0.151 e. The number of hydrogen-bond acceptors (Lipinski definition) is 2. The van der Waals surface area contributed by atoms with E-state index in [-0.39, 0.29) is 0 Å². The average Bonchev–Trinajstić information content (AvgIpc) is 2.21. The van der Waals surface area contributed by atoms with Gasteiger partial charge < -0.3 is 0 Å². The van der Waals surface area contributed by atoms with Gasteiger partial charge in [-0.3, -0.25) is 0 Å². The summed E-state index contributed by atoms with van der Waals surface area (Å²) in [5.41, 5.74) is 1.63. The van der Waals surface area contributed by atoms with E-state index in [1.165, 1.54) is 5.57 Å². The van der Waals surface area contributed by atoms with Gasteiger partial charge in [0.15, 0.2) is 5.92 Å². The van der Waals surface area contributed by atoms with Crippen LogP contribution in [0.5, 0.6) is 0 Å². The monoisotopic (exact) mass is 214 g/mol. The lowest BCUT2D eigenvalue weighted by atomic mass is 9.73. The lowest BCUT2D eigenvalue weighted by molar-refractivity contribution is 0.283. The maximum Gasteiger partial charge on any atom is 0.151 e. The summed E-state index contributed by atoms with van der Waals surface area (Å²) in [5, 5.41) is 17.3. The van der Waals surface area contributed by atoms with Crippen molar-refractivity contribution in [1.82, 2.24) is 0 Å². The van der Waals surface area contributed by atoms with Crippen LogP contribution in [-0.2, 0) is 0 Å². The topological polar surface area (TPSA) is 47.6 Å². The minimum absolute atomic E-state index is 0.376. The molecule has 0 fully saturated rings. The molecule has 1 unspecified atom stereocenters. The van der Waals surface area contributed by atoms with Gasteiger partial charge in [0, 0.05) is 0 Å². The molecule has 2 heteroatoms. The molecule has 0 spiro atoms. The van der Waals surface area contributed by atoms with Crippen molar-refractivity contribution >= 4 is 0 Å². The summed E-state index contributed by atoms with van der Waals surface area (Å²) in [7, 11) is 0. The Labute approximate surface area is 97.9 Å². The zero-order valence-corrected chi connectivity index (χ0v) is 10.2. The quantitative estimate of drug-likeness (QED) is 0.705. The SMILES string of the molecule is CC1CC(C)(C)CC=C1C=CC(C#N)C#N. The molecule has 1 atom stereocenters. The summed E-state index contributed by atoms with van der Waals surface area (Å²) in [6.07, 6.45) is 8.10. The summed E-state index contributed by atoms with van der Waals surface area (Å²) in [5.74, 6) is -0.110.